The largest absolute Gasteiger partial charge is 0.508 e. The van der Waals surface area contributed by atoms with E-state index < -0.39 is 10.0 Å². The predicted octanol–water partition coefficient (Wildman–Crippen LogP) is 3.33. The van der Waals surface area contributed by atoms with Gasteiger partial charge in [0.15, 0.2) is 8.68 Å². The summed E-state index contributed by atoms with van der Waals surface area (Å²) in [5.74, 6) is 0.0170. The number of aromatic nitrogens is 1. The average Bonchev–Trinajstić information content (AvgIpc) is 2.74. The van der Waals surface area contributed by atoms with Crippen LogP contribution in [0.5, 0.6) is 5.75 Å². The van der Waals surface area contributed by atoms with Crippen molar-refractivity contribution in [2.24, 2.45) is 0 Å². The van der Waals surface area contributed by atoms with Crippen LogP contribution in [0.4, 0.5) is 5.69 Å². The molecule has 0 unspecified atom stereocenters. The van der Waals surface area contributed by atoms with Gasteiger partial charge in [-0.15, -0.1) is 0 Å². The summed E-state index contributed by atoms with van der Waals surface area (Å²) in [4.78, 5) is 3.96. The maximum atomic E-state index is 12.8. The van der Waals surface area contributed by atoms with Crippen LogP contribution >= 0.6 is 22.9 Å². The quantitative estimate of drug-likeness (QED) is 0.921. The number of aromatic hydroxyl groups is 1. The Labute approximate surface area is 132 Å². The molecule has 21 heavy (non-hydrogen) atoms. The van der Waals surface area contributed by atoms with Gasteiger partial charge in [0, 0.05) is 12.6 Å². The number of aryl methyl sites for hydroxylation is 2. The van der Waals surface area contributed by atoms with Crippen molar-refractivity contribution in [2.45, 2.75) is 25.0 Å². The van der Waals surface area contributed by atoms with Crippen molar-refractivity contribution in [1.29, 1.82) is 0 Å². The number of anilines is 1. The van der Waals surface area contributed by atoms with E-state index in [0.29, 0.717) is 11.4 Å². The van der Waals surface area contributed by atoms with Crippen molar-refractivity contribution in [1.82, 2.24) is 4.98 Å². The molecule has 0 aliphatic carbocycles. The minimum Gasteiger partial charge on any atom is -0.508 e. The molecule has 0 saturated heterocycles. The summed E-state index contributed by atoms with van der Waals surface area (Å²) >= 11 is 6.74. The first-order chi connectivity index (χ1) is 9.77. The summed E-state index contributed by atoms with van der Waals surface area (Å²) in [5.41, 5.74) is 1.58. The summed E-state index contributed by atoms with van der Waals surface area (Å²) in [5, 5.41) is 9.62. The third-order valence-electron chi connectivity index (χ3n) is 3.00. The topological polar surface area (TPSA) is 70.5 Å². The number of phenolic OH excluding ortho intramolecular Hbond substituents is 1. The van der Waals surface area contributed by atoms with E-state index in [2.05, 4.69) is 4.98 Å². The molecule has 2 aromatic rings. The maximum absolute atomic E-state index is 12.8. The van der Waals surface area contributed by atoms with Crippen LogP contribution in [0.1, 0.15) is 18.2 Å². The molecule has 1 heterocycles. The number of halogens is 1. The Balaban J connectivity index is 2.60. The molecule has 0 fully saturated rings. The zero-order valence-corrected chi connectivity index (χ0v) is 14.2. The van der Waals surface area contributed by atoms with Gasteiger partial charge >= 0.3 is 0 Å². The Morgan fingerprint density at radius 2 is 2.05 bits per heavy atom. The van der Waals surface area contributed by atoms with E-state index in [1.165, 1.54) is 16.4 Å². The molecular weight excluding hydrogens is 332 g/mol. The third kappa shape index (κ3) is 3.00. The second-order valence-corrected chi connectivity index (χ2v) is 8.12. The minimum absolute atomic E-state index is 0.0170. The second-order valence-electron chi connectivity index (χ2n) is 4.48. The first kappa shape index (κ1) is 16.1. The van der Waals surface area contributed by atoms with Gasteiger partial charge in [0.2, 0.25) is 0 Å². The molecule has 0 saturated carbocycles. The highest BCUT2D eigenvalue weighted by Crippen LogP contribution is 2.34. The van der Waals surface area contributed by atoms with Crippen LogP contribution in [-0.2, 0) is 10.0 Å². The van der Waals surface area contributed by atoms with Crippen LogP contribution in [0.25, 0.3) is 0 Å². The standard InChI is InChI=1S/C13H15ClN2O3S2/c1-4-16(11-7-10(17)6-5-8(11)2)21(18,19)12-9(3)15-13(14)20-12/h5-7,17H,4H2,1-3H3. The molecule has 1 N–H and O–H groups in total. The number of thiazole rings is 1. The van der Waals surface area contributed by atoms with Gasteiger partial charge in [0.1, 0.15) is 5.75 Å². The fourth-order valence-electron chi connectivity index (χ4n) is 2.03. The molecule has 0 radical (unpaired) electrons. The van der Waals surface area contributed by atoms with Crippen LogP contribution in [-0.4, -0.2) is 25.1 Å². The van der Waals surface area contributed by atoms with Crippen molar-refractivity contribution in [3.8, 4) is 5.75 Å². The Morgan fingerprint density at radius 1 is 1.38 bits per heavy atom. The highest BCUT2D eigenvalue weighted by atomic mass is 35.5. The highest BCUT2D eigenvalue weighted by molar-refractivity contribution is 7.94. The summed E-state index contributed by atoms with van der Waals surface area (Å²) in [7, 11) is -3.76. The van der Waals surface area contributed by atoms with Gasteiger partial charge in [-0.25, -0.2) is 13.4 Å². The molecule has 114 valence electrons. The predicted molar refractivity (Wildman–Crippen MR) is 84.9 cm³/mol. The van der Waals surface area contributed by atoms with Gasteiger partial charge in [-0.3, -0.25) is 4.31 Å². The molecule has 0 spiro atoms. The smallest absolute Gasteiger partial charge is 0.275 e. The molecule has 8 heteroatoms. The maximum Gasteiger partial charge on any atom is 0.275 e. The number of rotatable bonds is 4. The lowest BCUT2D eigenvalue weighted by Crippen LogP contribution is -2.31. The van der Waals surface area contributed by atoms with Crippen molar-refractivity contribution < 1.29 is 13.5 Å². The number of phenols is 1. The summed E-state index contributed by atoms with van der Waals surface area (Å²) in [6.45, 7) is 5.37. The van der Waals surface area contributed by atoms with E-state index >= 15 is 0 Å². The van der Waals surface area contributed by atoms with Gasteiger partial charge in [-0.2, -0.15) is 0 Å². The zero-order chi connectivity index (χ0) is 15.8. The second kappa shape index (κ2) is 5.82. The summed E-state index contributed by atoms with van der Waals surface area (Å²) in [6.07, 6.45) is 0. The lowest BCUT2D eigenvalue weighted by Gasteiger charge is -2.24. The molecule has 1 aromatic carbocycles. The van der Waals surface area contributed by atoms with E-state index in [1.807, 2.05) is 0 Å². The van der Waals surface area contributed by atoms with Gasteiger partial charge in [0.25, 0.3) is 10.0 Å². The highest BCUT2D eigenvalue weighted by Gasteiger charge is 2.29. The molecular formula is C13H15ClN2O3S2. The number of nitrogens with zero attached hydrogens (tertiary/aromatic N) is 2. The average molecular weight is 347 g/mol. The first-order valence-electron chi connectivity index (χ1n) is 6.22. The van der Waals surface area contributed by atoms with Gasteiger partial charge in [-0.05, 0) is 32.4 Å². The summed E-state index contributed by atoms with van der Waals surface area (Å²) < 4.78 is 27.2. The van der Waals surface area contributed by atoms with Crippen LogP contribution in [0, 0.1) is 13.8 Å². The Hall–Kier alpha value is -1.31. The monoisotopic (exact) mass is 346 g/mol. The molecule has 5 nitrogen and oxygen atoms in total. The van der Waals surface area contributed by atoms with Crippen molar-refractivity contribution >= 4 is 38.6 Å². The molecule has 0 aliphatic heterocycles. The fraction of sp³-hybridized carbons (Fsp3) is 0.308. The van der Waals surface area contributed by atoms with Gasteiger partial charge in [0.05, 0.1) is 11.4 Å². The Morgan fingerprint density at radius 3 is 2.57 bits per heavy atom. The van der Waals surface area contributed by atoms with E-state index in [4.69, 9.17) is 11.6 Å². The van der Waals surface area contributed by atoms with Crippen LogP contribution in [0.2, 0.25) is 4.47 Å². The lowest BCUT2D eigenvalue weighted by molar-refractivity contribution is 0.475. The minimum atomic E-state index is -3.76. The molecule has 0 amide bonds. The lowest BCUT2D eigenvalue weighted by atomic mass is 10.2. The van der Waals surface area contributed by atoms with Crippen molar-refractivity contribution in [3.63, 3.8) is 0 Å². The van der Waals surface area contributed by atoms with Crippen molar-refractivity contribution in [3.05, 3.63) is 33.9 Å². The number of benzene rings is 1. The Bertz CT molecular complexity index is 772. The molecule has 1 aromatic heterocycles. The molecule has 0 aliphatic rings. The SMILES string of the molecule is CCN(c1cc(O)ccc1C)S(=O)(=O)c1sc(Cl)nc1C. The van der Waals surface area contributed by atoms with Gasteiger partial charge in [-0.1, -0.05) is 29.0 Å². The van der Waals surface area contributed by atoms with E-state index in [0.717, 1.165) is 16.9 Å². The van der Waals surface area contributed by atoms with E-state index in [9.17, 15) is 13.5 Å². The first-order valence-corrected chi connectivity index (χ1v) is 8.86. The van der Waals surface area contributed by atoms with Crippen LogP contribution < -0.4 is 4.31 Å². The van der Waals surface area contributed by atoms with E-state index in [1.54, 1.807) is 26.8 Å². The Kier molecular flexibility index (Phi) is 4.46. The number of hydrogen-bond donors (Lipinski definition) is 1. The third-order valence-corrected chi connectivity index (χ3v) is 6.74. The molecule has 0 atom stereocenters. The zero-order valence-electron chi connectivity index (χ0n) is 11.8. The van der Waals surface area contributed by atoms with Gasteiger partial charge < -0.3 is 5.11 Å². The molecule has 0 bridgehead atoms. The van der Waals surface area contributed by atoms with Crippen LogP contribution in [0.3, 0.4) is 0 Å². The van der Waals surface area contributed by atoms with Crippen LogP contribution in [0.15, 0.2) is 22.4 Å². The molecule has 2 rings (SSSR count). The van der Waals surface area contributed by atoms with E-state index in [-0.39, 0.29) is 21.0 Å². The van der Waals surface area contributed by atoms with Crippen molar-refractivity contribution in [2.75, 3.05) is 10.8 Å². The number of sulfonamides is 1. The fourth-order valence-corrected chi connectivity index (χ4v) is 5.39. The normalized spacial score (nSPS) is 11.6. The number of hydrogen-bond acceptors (Lipinski definition) is 5. The summed E-state index contributed by atoms with van der Waals surface area (Å²) in [6, 6.07) is 4.64.